The molecule has 2 N–H and O–H groups in total. The molecule has 5 heteroatoms. The van der Waals surface area contributed by atoms with Crippen molar-refractivity contribution in [1.82, 2.24) is 10.6 Å². The number of piperazine rings is 1. The highest BCUT2D eigenvalue weighted by atomic mass is 16.5. The Morgan fingerprint density at radius 1 is 1.39 bits per heavy atom. The van der Waals surface area contributed by atoms with Crippen molar-refractivity contribution in [1.29, 1.82) is 0 Å². The molecule has 2 unspecified atom stereocenters. The standard InChI is InChI=1S/C13H16N2O3/c1-9(10-5-3-2-4-6-10)18-13(17)11-7-15-12(16)8-14-11/h2-6,9,11,14H,7-8H2,1H3,(H,15,16). The van der Waals surface area contributed by atoms with Gasteiger partial charge >= 0.3 is 5.97 Å². The minimum Gasteiger partial charge on any atom is -0.457 e. The van der Waals surface area contributed by atoms with Gasteiger partial charge in [0.15, 0.2) is 0 Å². The van der Waals surface area contributed by atoms with Crippen LogP contribution in [-0.2, 0) is 14.3 Å². The molecule has 0 radical (unpaired) electrons. The third-order valence-corrected chi connectivity index (χ3v) is 2.86. The normalized spacial score (nSPS) is 20.9. The van der Waals surface area contributed by atoms with E-state index in [4.69, 9.17) is 4.74 Å². The van der Waals surface area contributed by atoms with Crippen LogP contribution in [-0.4, -0.2) is 31.0 Å². The van der Waals surface area contributed by atoms with E-state index in [2.05, 4.69) is 10.6 Å². The first-order valence-corrected chi connectivity index (χ1v) is 5.92. The first-order chi connectivity index (χ1) is 8.66. The van der Waals surface area contributed by atoms with E-state index in [0.29, 0.717) is 0 Å². The highest BCUT2D eigenvalue weighted by Crippen LogP contribution is 2.16. The summed E-state index contributed by atoms with van der Waals surface area (Å²) in [5.74, 6) is -0.443. The predicted octanol–water partition coefficient (Wildman–Crippen LogP) is 0.379. The second-order valence-corrected chi connectivity index (χ2v) is 4.23. The van der Waals surface area contributed by atoms with E-state index in [0.717, 1.165) is 5.56 Å². The van der Waals surface area contributed by atoms with Crippen molar-refractivity contribution in [3.05, 3.63) is 35.9 Å². The maximum atomic E-state index is 11.9. The molecule has 1 aliphatic heterocycles. The Morgan fingerprint density at radius 3 is 2.72 bits per heavy atom. The number of rotatable bonds is 3. The number of esters is 1. The molecular weight excluding hydrogens is 232 g/mol. The minimum atomic E-state index is -0.464. The van der Waals surface area contributed by atoms with Gasteiger partial charge in [0.05, 0.1) is 6.54 Å². The molecule has 1 aromatic rings. The topological polar surface area (TPSA) is 67.4 Å². The molecule has 5 nitrogen and oxygen atoms in total. The van der Waals surface area contributed by atoms with Gasteiger partial charge in [-0.25, -0.2) is 0 Å². The third kappa shape index (κ3) is 3.07. The van der Waals surface area contributed by atoms with Gasteiger partial charge in [-0.05, 0) is 12.5 Å². The average Bonchev–Trinajstić information content (AvgIpc) is 2.40. The lowest BCUT2D eigenvalue weighted by Crippen LogP contribution is -2.55. The number of carbonyl (C=O) groups is 2. The summed E-state index contributed by atoms with van der Waals surface area (Å²) in [4.78, 5) is 22.8. The Bertz CT molecular complexity index is 423. The van der Waals surface area contributed by atoms with Crippen molar-refractivity contribution in [2.75, 3.05) is 13.1 Å². The van der Waals surface area contributed by atoms with E-state index in [9.17, 15) is 9.59 Å². The van der Waals surface area contributed by atoms with Crippen LogP contribution >= 0.6 is 0 Å². The molecule has 0 aliphatic carbocycles. The zero-order chi connectivity index (χ0) is 13.0. The lowest BCUT2D eigenvalue weighted by atomic mass is 10.1. The van der Waals surface area contributed by atoms with Crippen molar-refractivity contribution in [3.63, 3.8) is 0 Å². The second kappa shape index (κ2) is 5.64. The smallest absolute Gasteiger partial charge is 0.325 e. The van der Waals surface area contributed by atoms with Gasteiger partial charge in [0, 0.05) is 6.54 Å². The Balaban J connectivity index is 1.89. The van der Waals surface area contributed by atoms with E-state index < -0.39 is 6.04 Å². The van der Waals surface area contributed by atoms with Crippen LogP contribution < -0.4 is 10.6 Å². The minimum absolute atomic E-state index is 0.102. The molecule has 0 bridgehead atoms. The zero-order valence-electron chi connectivity index (χ0n) is 10.2. The van der Waals surface area contributed by atoms with Crippen LogP contribution in [0.3, 0.4) is 0 Å². The molecule has 1 aliphatic rings. The van der Waals surface area contributed by atoms with Gasteiger partial charge in [0.2, 0.25) is 5.91 Å². The van der Waals surface area contributed by atoms with Crippen molar-refractivity contribution >= 4 is 11.9 Å². The van der Waals surface area contributed by atoms with Crippen LogP contribution in [0.1, 0.15) is 18.6 Å². The summed E-state index contributed by atoms with van der Waals surface area (Å²) in [6.45, 7) is 2.26. The molecule has 1 amide bonds. The molecule has 0 aromatic heterocycles. The molecule has 1 heterocycles. The predicted molar refractivity (Wildman–Crippen MR) is 65.7 cm³/mol. The summed E-state index contributed by atoms with van der Waals surface area (Å²) in [5, 5.41) is 5.46. The molecule has 96 valence electrons. The van der Waals surface area contributed by atoms with E-state index in [-0.39, 0.29) is 31.1 Å². The van der Waals surface area contributed by atoms with Crippen LogP contribution in [0.2, 0.25) is 0 Å². The second-order valence-electron chi connectivity index (χ2n) is 4.23. The van der Waals surface area contributed by atoms with Crippen LogP contribution in [0.4, 0.5) is 0 Å². The molecule has 1 saturated heterocycles. The quantitative estimate of drug-likeness (QED) is 0.759. The number of amides is 1. The lowest BCUT2D eigenvalue weighted by Gasteiger charge is -2.24. The van der Waals surface area contributed by atoms with E-state index in [1.807, 2.05) is 37.3 Å². The van der Waals surface area contributed by atoms with Gasteiger partial charge < -0.3 is 10.1 Å². The number of nitrogens with one attached hydrogen (secondary N) is 2. The Kier molecular flexibility index (Phi) is 3.94. The fraction of sp³-hybridized carbons (Fsp3) is 0.385. The zero-order valence-corrected chi connectivity index (χ0v) is 10.2. The summed E-state index contributed by atoms with van der Waals surface area (Å²) in [5.41, 5.74) is 0.950. The first-order valence-electron chi connectivity index (χ1n) is 5.92. The number of carbonyl (C=O) groups excluding carboxylic acids is 2. The van der Waals surface area contributed by atoms with E-state index in [1.165, 1.54) is 0 Å². The van der Waals surface area contributed by atoms with Crippen LogP contribution in [0.15, 0.2) is 30.3 Å². The number of hydrogen-bond acceptors (Lipinski definition) is 4. The van der Waals surface area contributed by atoms with E-state index >= 15 is 0 Å². The number of hydrogen-bond donors (Lipinski definition) is 2. The summed E-state index contributed by atoms with van der Waals surface area (Å²) < 4.78 is 5.36. The fourth-order valence-corrected chi connectivity index (χ4v) is 1.78. The van der Waals surface area contributed by atoms with Crippen LogP contribution in [0.25, 0.3) is 0 Å². The van der Waals surface area contributed by atoms with Gasteiger partial charge in [0.1, 0.15) is 12.1 Å². The SMILES string of the molecule is CC(OC(=O)C1CNC(=O)CN1)c1ccccc1. The maximum absolute atomic E-state index is 11.9. The largest absolute Gasteiger partial charge is 0.457 e. The van der Waals surface area contributed by atoms with Gasteiger partial charge in [-0.3, -0.25) is 14.9 Å². The van der Waals surface area contributed by atoms with Gasteiger partial charge in [-0.2, -0.15) is 0 Å². The molecule has 1 fully saturated rings. The number of benzene rings is 1. The maximum Gasteiger partial charge on any atom is 0.325 e. The molecule has 18 heavy (non-hydrogen) atoms. The Morgan fingerprint density at radius 2 is 2.11 bits per heavy atom. The highest BCUT2D eigenvalue weighted by Gasteiger charge is 2.26. The van der Waals surface area contributed by atoms with Gasteiger partial charge in [0.25, 0.3) is 0 Å². The summed E-state index contributed by atoms with van der Waals surface area (Å²) in [7, 11) is 0. The fourth-order valence-electron chi connectivity index (χ4n) is 1.78. The average molecular weight is 248 g/mol. The Hall–Kier alpha value is -1.88. The molecule has 2 atom stereocenters. The van der Waals surface area contributed by atoms with E-state index in [1.54, 1.807) is 0 Å². The van der Waals surface area contributed by atoms with Crippen molar-refractivity contribution in [3.8, 4) is 0 Å². The summed E-state index contributed by atoms with van der Waals surface area (Å²) in [6.07, 6.45) is -0.293. The molecule has 0 saturated carbocycles. The third-order valence-electron chi connectivity index (χ3n) is 2.86. The Labute approximate surface area is 106 Å². The lowest BCUT2D eigenvalue weighted by molar-refractivity contribution is -0.151. The monoisotopic (exact) mass is 248 g/mol. The first kappa shape index (κ1) is 12.6. The van der Waals surface area contributed by atoms with Crippen LogP contribution in [0, 0.1) is 0 Å². The molecule has 1 aromatic carbocycles. The summed E-state index contributed by atoms with van der Waals surface area (Å²) >= 11 is 0. The van der Waals surface area contributed by atoms with Crippen molar-refractivity contribution < 1.29 is 14.3 Å². The van der Waals surface area contributed by atoms with Crippen LogP contribution in [0.5, 0.6) is 0 Å². The summed E-state index contributed by atoms with van der Waals surface area (Å²) in [6, 6.07) is 9.07. The molecular formula is C13H16N2O3. The molecule has 2 rings (SSSR count). The van der Waals surface area contributed by atoms with Crippen molar-refractivity contribution in [2.24, 2.45) is 0 Å². The highest BCUT2D eigenvalue weighted by molar-refractivity contribution is 5.84. The number of ether oxygens (including phenoxy) is 1. The van der Waals surface area contributed by atoms with Gasteiger partial charge in [-0.1, -0.05) is 30.3 Å². The molecule has 0 spiro atoms. The van der Waals surface area contributed by atoms with Crippen molar-refractivity contribution in [2.45, 2.75) is 19.1 Å². The van der Waals surface area contributed by atoms with Gasteiger partial charge in [-0.15, -0.1) is 0 Å².